The molecule has 7 nitrogen and oxygen atoms in total. The topological polar surface area (TPSA) is 105 Å². The number of hydrogen-bond donors (Lipinski definition) is 2. The van der Waals surface area contributed by atoms with Crippen molar-refractivity contribution in [3.8, 4) is 10.8 Å². The van der Waals surface area contributed by atoms with Gasteiger partial charge in [0.15, 0.2) is 10.8 Å². The van der Waals surface area contributed by atoms with Crippen molar-refractivity contribution in [1.82, 2.24) is 20.3 Å². The van der Waals surface area contributed by atoms with Gasteiger partial charge in [-0.3, -0.25) is 4.79 Å². The number of thiazole rings is 1. The third kappa shape index (κ3) is 3.64. The summed E-state index contributed by atoms with van der Waals surface area (Å²) >= 11 is 1.13. The van der Waals surface area contributed by atoms with Crippen molar-refractivity contribution in [3.05, 3.63) is 29.5 Å². The third-order valence-corrected chi connectivity index (χ3v) is 4.24. The van der Waals surface area contributed by atoms with E-state index in [0.717, 1.165) is 11.3 Å². The fraction of sp³-hybridized carbons (Fsp3) is 0.357. The van der Waals surface area contributed by atoms with Gasteiger partial charge in [-0.2, -0.15) is 0 Å². The van der Waals surface area contributed by atoms with E-state index in [1.807, 2.05) is 6.92 Å². The maximum atomic E-state index is 12.2. The average Bonchev–Trinajstić information content (AvgIpc) is 3.02. The largest absolute Gasteiger partial charge is 0.480 e. The van der Waals surface area contributed by atoms with Gasteiger partial charge in [-0.25, -0.2) is 19.7 Å². The number of hydrogen-bond acceptors (Lipinski definition) is 6. The lowest BCUT2D eigenvalue weighted by Crippen LogP contribution is -2.44. The number of carboxylic acid groups (broad SMARTS) is 1. The number of amides is 1. The summed E-state index contributed by atoms with van der Waals surface area (Å²) in [6.07, 6.45) is 5.24. The number of aromatic nitrogens is 3. The zero-order chi connectivity index (χ0) is 16.1. The minimum Gasteiger partial charge on any atom is -0.480 e. The second-order valence-corrected chi connectivity index (χ2v) is 5.81. The summed E-state index contributed by atoms with van der Waals surface area (Å²) in [5.74, 6) is -1.22. The average molecular weight is 320 g/mol. The summed E-state index contributed by atoms with van der Waals surface area (Å²) in [7, 11) is 0. The molecular formula is C14H16N4O3S. The summed E-state index contributed by atoms with van der Waals surface area (Å²) in [6, 6.07) is 0.768. The Morgan fingerprint density at radius 2 is 2.00 bits per heavy atom. The predicted molar refractivity (Wildman–Crippen MR) is 81.5 cm³/mol. The van der Waals surface area contributed by atoms with Crippen molar-refractivity contribution in [2.45, 2.75) is 26.3 Å². The highest BCUT2D eigenvalue weighted by atomic mass is 32.1. The van der Waals surface area contributed by atoms with E-state index in [9.17, 15) is 14.7 Å². The van der Waals surface area contributed by atoms with E-state index in [2.05, 4.69) is 20.3 Å². The van der Waals surface area contributed by atoms with E-state index >= 15 is 0 Å². The monoisotopic (exact) mass is 320 g/mol. The Kier molecular flexibility index (Phi) is 5.16. The van der Waals surface area contributed by atoms with Crippen molar-refractivity contribution in [3.63, 3.8) is 0 Å². The highest BCUT2D eigenvalue weighted by Gasteiger charge is 2.26. The van der Waals surface area contributed by atoms with E-state index in [1.54, 1.807) is 25.4 Å². The molecule has 2 N–H and O–H groups in total. The van der Waals surface area contributed by atoms with Gasteiger partial charge in [0, 0.05) is 12.4 Å². The highest BCUT2D eigenvalue weighted by Crippen LogP contribution is 2.21. The van der Waals surface area contributed by atoms with Crippen LogP contribution in [0.4, 0.5) is 0 Å². The first-order valence-corrected chi connectivity index (χ1v) is 7.61. The van der Waals surface area contributed by atoms with Crippen molar-refractivity contribution in [2.24, 2.45) is 5.92 Å². The summed E-state index contributed by atoms with van der Waals surface area (Å²) in [4.78, 5) is 36.0. The minimum atomic E-state index is -1.04. The fourth-order valence-corrected chi connectivity index (χ4v) is 2.55. The molecule has 0 bridgehead atoms. The highest BCUT2D eigenvalue weighted by molar-refractivity contribution is 7.16. The lowest BCUT2D eigenvalue weighted by Gasteiger charge is -2.19. The third-order valence-electron chi connectivity index (χ3n) is 3.25. The molecular weight excluding hydrogens is 304 g/mol. The molecule has 1 amide bonds. The van der Waals surface area contributed by atoms with Gasteiger partial charge in [0.25, 0.3) is 5.91 Å². The fourth-order valence-electron chi connectivity index (χ4n) is 1.79. The molecule has 0 saturated heterocycles. The first-order valence-electron chi connectivity index (χ1n) is 6.79. The van der Waals surface area contributed by atoms with Crippen LogP contribution in [0, 0.1) is 5.92 Å². The molecule has 2 aromatic heterocycles. The number of aliphatic carboxylic acids is 1. The summed E-state index contributed by atoms with van der Waals surface area (Å²) in [6.45, 7) is 3.67. The first kappa shape index (κ1) is 16.0. The van der Waals surface area contributed by atoms with E-state index in [4.69, 9.17) is 0 Å². The van der Waals surface area contributed by atoms with Crippen LogP contribution in [0.1, 0.15) is 29.9 Å². The molecule has 2 rings (SSSR count). The van der Waals surface area contributed by atoms with E-state index in [0.29, 0.717) is 22.1 Å². The standard InChI is InChI=1S/C14H16N4O3S/c1-3-8(2)10(14(20)21)18-12(19)9-7-17-13(22-9)11-15-5-4-6-16-11/h4-8,10H,3H2,1-2H3,(H,18,19)(H,20,21)/t8-,10-/m0/s1. The molecule has 0 unspecified atom stereocenters. The Balaban J connectivity index is 2.13. The number of carbonyl (C=O) groups excluding carboxylic acids is 1. The summed E-state index contributed by atoms with van der Waals surface area (Å²) < 4.78 is 0. The van der Waals surface area contributed by atoms with Crippen LogP contribution in [0.3, 0.4) is 0 Å². The van der Waals surface area contributed by atoms with Gasteiger partial charge in [-0.1, -0.05) is 20.3 Å². The van der Waals surface area contributed by atoms with Gasteiger partial charge in [-0.05, 0) is 12.0 Å². The van der Waals surface area contributed by atoms with Gasteiger partial charge in [0.1, 0.15) is 10.9 Å². The van der Waals surface area contributed by atoms with Crippen LogP contribution >= 0.6 is 11.3 Å². The Morgan fingerprint density at radius 1 is 1.32 bits per heavy atom. The summed E-state index contributed by atoms with van der Waals surface area (Å²) in [5, 5.41) is 12.3. The lowest BCUT2D eigenvalue weighted by atomic mass is 9.99. The molecule has 0 radical (unpaired) electrons. The maximum absolute atomic E-state index is 12.2. The second-order valence-electron chi connectivity index (χ2n) is 4.78. The molecule has 0 spiro atoms. The number of carbonyl (C=O) groups is 2. The Morgan fingerprint density at radius 3 is 2.59 bits per heavy atom. The molecule has 8 heteroatoms. The van der Waals surface area contributed by atoms with Crippen LogP contribution in [0.2, 0.25) is 0 Å². The molecule has 0 aliphatic heterocycles. The molecule has 22 heavy (non-hydrogen) atoms. The van der Waals surface area contributed by atoms with Crippen LogP contribution in [-0.4, -0.2) is 38.0 Å². The molecule has 0 aliphatic carbocycles. The molecule has 0 aliphatic rings. The van der Waals surface area contributed by atoms with Crippen LogP contribution in [0.5, 0.6) is 0 Å². The predicted octanol–water partition coefficient (Wildman–Crippen LogP) is 1.83. The van der Waals surface area contributed by atoms with Crippen LogP contribution in [0.25, 0.3) is 10.8 Å². The number of nitrogens with zero attached hydrogens (tertiary/aromatic N) is 3. The van der Waals surface area contributed by atoms with Gasteiger partial charge >= 0.3 is 5.97 Å². The van der Waals surface area contributed by atoms with Gasteiger partial charge in [0.2, 0.25) is 0 Å². The molecule has 2 aromatic rings. The van der Waals surface area contributed by atoms with E-state index < -0.39 is 17.9 Å². The van der Waals surface area contributed by atoms with Gasteiger partial charge < -0.3 is 10.4 Å². The quantitative estimate of drug-likeness (QED) is 0.841. The maximum Gasteiger partial charge on any atom is 0.326 e. The Labute approximate surface area is 131 Å². The molecule has 2 atom stereocenters. The first-order chi connectivity index (χ1) is 10.5. The zero-order valence-electron chi connectivity index (χ0n) is 12.2. The molecule has 2 heterocycles. The minimum absolute atomic E-state index is 0.161. The van der Waals surface area contributed by atoms with E-state index in [1.165, 1.54) is 6.20 Å². The number of nitrogens with one attached hydrogen (secondary N) is 1. The normalized spacial score (nSPS) is 13.4. The molecule has 116 valence electrons. The lowest BCUT2D eigenvalue weighted by molar-refractivity contribution is -0.140. The smallest absolute Gasteiger partial charge is 0.326 e. The van der Waals surface area contributed by atoms with E-state index in [-0.39, 0.29) is 5.92 Å². The second kappa shape index (κ2) is 7.08. The Hall–Kier alpha value is -2.35. The van der Waals surface area contributed by atoms with Crippen molar-refractivity contribution < 1.29 is 14.7 Å². The van der Waals surface area contributed by atoms with Crippen molar-refractivity contribution in [2.75, 3.05) is 0 Å². The van der Waals surface area contributed by atoms with Crippen LogP contribution in [-0.2, 0) is 4.79 Å². The van der Waals surface area contributed by atoms with Crippen LogP contribution in [0.15, 0.2) is 24.7 Å². The molecule has 0 fully saturated rings. The van der Waals surface area contributed by atoms with Crippen LogP contribution < -0.4 is 5.32 Å². The Bertz CT molecular complexity index is 659. The summed E-state index contributed by atoms with van der Waals surface area (Å²) in [5.41, 5.74) is 0. The van der Waals surface area contributed by atoms with Crippen molar-refractivity contribution >= 4 is 23.2 Å². The van der Waals surface area contributed by atoms with Gasteiger partial charge in [-0.15, -0.1) is 11.3 Å². The molecule has 0 aromatic carbocycles. The zero-order valence-corrected chi connectivity index (χ0v) is 13.0. The molecule has 0 saturated carbocycles. The SMILES string of the molecule is CC[C@H](C)[C@H](NC(=O)c1cnc(-c2ncccn2)s1)C(=O)O. The number of carboxylic acids is 1. The van der Waals surface area contributed by atoms with Crippen molar-refractivity contribution in [1.29, 1.82) is 0 Å². The number of rotatable bonds is 6. The van der Waals surface area contributed by atoms with Gasteiger partial charge in [0.05, 0.1) is 6.20 Å².